The number of aliphatic carboxylic acids is 1. The first kappa shape index (κ1) is 13.5. The maximum atomic E-state index is 10.9. The Hall–Kier alpha value is -0.910. The molecule has 5 heteroatoms. The molecule has 100 valence electrons. The molecule has 0 aliphatic carbocycles. The number of ether oxygens (including phenoxy) is 1. The zero-order chi connectivity index (χ0) is 13.0. The van der Waals surface area contributed by atoms with Crippen LogP contribution >= 0.6 is 11.3 Å². The highest BCUT2D eigenvalue weighted by Gasteiger charge is 2.23. The molecule has 3 atom stereocenters. The minimum absolute atomic E-state index is 0.109. The van der Waals surface area contributed by atoms with Gasteiger partial charge in [0.1, 0.15) is 0 Å². The molecule has 1 fully saturated rings. The van der Waals surface area contributed by atoms with Crippen molar-refractivity contribution in [2.75, 3.05) is 6.54 Å². The van der Waals surface area contributed by atoms with Crippen molar-refractivity contribution in [3.05, 3.63) is 22.4 Å². The van der Waals surface area contributed by atoms with Crippen molar-refractivity contribution in [1.82, 2.24) is 5.32 Å². The summed E-state index contributed by atoms with van der Waals surface area (Å²) >= 11 is 1.59. The fourth-order valence-corrected chi connectivity index (χ4v) is 3.05. The summed E-state index contributed by atoms with van der Waals surface area (Å²) in [5, 5.41) is 14.2. The summed E-state index contributed by atoms with van der Waals surface area (Å²) in [6.07, 6.45) is 2.81. The lowest BCUT2D eigenvalue weighted by Crippen LogP contribution is -2.31. The van der Waals surface area contributed by atoms with E-state index in [4.69, 9.17) is 9.84 Å². The largest absolute Gasteiger partial charge is 0.481 e. The molecule has 0 bridgehead atoms. The van der Waals surface area contributed by atoms with Crippen LogP contribution in [0.1, 0.15) is 37.1 Å². The number of carboxylic acid groups (broad SMARTS) is 1. The average molecular weight is 269 g/mol. The number of thiophene rings is 1. The van der Waals surface area contributed by atoms with Gasteiger partial charge in [-0.1, -0.05) is 6.07 Å². The van der Waals surface area contributed by atoms with E-state index in [1.54, 1.807) is 11.3 Å². The maximum absolute atomic E-state index is 10.9. The molecule has 0 aromatic carbocycles. The van der Waals surface area contributed by atoms with Gasteiger partial charge in [0.15, 0.2) is 0 Å². The topological polar surface area (TPSA) is 58.6 Å². The minimum atomic E-state index is -0.776. The van der Waals surface area contributed by atoms with Crippen LogP contribution in [0.4, 0.5) is 0 Å². The smallest absolute Gasteiger partial charge is 0.305 e. The molecule has 1 aromatic heterocycles. The van der Waals surface area contributed by atoms with E-state index in [1.807, 2.05) is 17.5 Å². The van der Waals surface area contributed by atoms with E-state index in [2.05, 4.69) is 12.2 Å². The fourth-order valence-electron chi connectivity index (χ4n) is 2.25. The van der Waals surface area contributed by atoms with Gasteiger partial charge in [-0.15, -0.1) is 11.3 Å². The normalized spacial score (nSPS) is 25.2. The van der Waals surface area contributed by atoms with E-state index in [9.17, 15) is 4.79 Å². The van der Waals surface area contributed by atoms with Crippen LogP contribution in [-0.2, 0) is 9.53 Å². The Kier molecular flexibility index (Phi) is 4.74. The summed E-state index contributed by atoms with van der Waals surface area (Å²) in [4.78, 5) is 12.0. The van der Waals surface area contributed by atoms with Gasteiger partial charge in [-0.05, 0) is 31.2 Å². The second kappa shape index (κ2) is 6.31. The van der Waals surface area contributed by atoms with Crippen LogP contribution < -0.4 is 5.32 Å². The highest BCUT2D eigenvalue weighted by molar-refractivity contribution is 7.10. The van der Waals surface area contributed by atoms with Gasteiger partial charge in [0.25, 0.3) is 0 Å². The maximum Gasteiger partial charge on any atom is 0.305 e. The van der Waals surface area contributed by atoms with Crippen molar-refractivity contribution in [1.29, 1.82) is 0 Å². The molecule has 2 heterocycles. The van der Waals surface area contributed by atoms with Gasteiger partial charge in [-0.2, -0.15) is 0 Å². The lowest BCUT2D eigenvalue weighted by Gasteiger charge is -2.18. The summed E-state index contributed by atoms with van der Waals surface area (Å²) in [5.41, 5.74) is 0. The molecule has 0 saturated carbocycles. The van der Waals surface area contributed by atoms with E-state index in [-0.39, 0.29) is 18.6 Å². The molecule has 0 amide bonds. The molecule has 2 N–H and O–H groups in total. The molecule has 4 nitrogen and oxygen atoms in total. The monoisotopic (exact) mass is 269 g/mol. The van der Waals surface area contributed by atoms with Crippen LogP contribution in [0.3, 0.4) is 0 Å². The van der Waals surface area contributed by atoms with E-state index in [0.717, 1.165) is 24.3 Å². The van der Waals surface area contributed by atoms with Crippen molar-refractivity contribution in [3.63, 3.8) is 0 Å². The average Bonchev–Trinajstić information content (AvgIpc) is 2.94. The van der Waals surface area contributed by atoms with E-state index >= 15 is 0 Å². The molecule has 1 saturated heterocycles. The quantitative estimate of drug-likeness (QED) is 0.832. The first-order chi connectivity index (χ1) is 8.65. The summed E-state index contributed by atoms with van der Waals surface area (Å²) in [6, 6.07) is 3.82. The van der Waals surface area contributed by atoms with Crippen LogP contribution in [0.15, 0.2) is 17.5 Å². The Morgan fingerprint density at radius 3 is 3.06 bits per heavy atom. The molecule has 3 unspecified atom stereocenters. The van der Waals surface area contributed by atoms with Gasteiger partial charge in [-0.3, -0.25) is 4.79 Å². The third-order valence-corrected chi connectivity index (χ3v) is 4.16. The Balaban J connectivity index is 1.87. The Morgan fingerprint density at radius 2 is 2.50 bits per heavy atom. The lowest BCUT2D eigenvalue weighted by atomic mass is 10.1. The summed E-state index contributed by atoms with van der Waals surface area (Å²) in [7, 11) is 0. The number of carbonyl (C=O) groups is 1. The second-order valence-electron chi connectivity index (χ2n) is 4.72. The van der Waals surface area contributed by atoms with Crippen LogP contribution in [0.5, 0.6) is 0 Å². The molecule has 1 aliphatic rings. The Labute approximate surface area is 111 Å². The second-order valence-corrected chi connectivity index (χ2v) is 5.70. The van der Waals surface area contributed by atoms with E-state index < -0.39 is 5.97 Å². The summed E-state index contributed by atoms with van der Waals surface area (Å²) in [5.74, 6) is -0.776. The molecule has 0 spiro atoms. The van der Waals surface area contributed by atoms with Crippen molar-refractivity contribution in [2.45, 2.75) is 44.4 Å². The van der Waals surface area contributed by atoms with Gasteiger partial charge in [0.2, 0.25) is 0 Å². The van der Waals surface area contributed by atoms with Crippen molar-refractivity contribution < 1.29 is 14.6 Å². The first-order valence-corrected chi connectivity index (χ1v) is 7.17. The van der Waals surface area contributed by atoms with E-state index in [0.29, 0.717) is 6.10 Å². The predicted octanol–water partition coefficient (Wildman–Crippen LogP) is 2.42. The zero-order valence-electron chi connectivity index (χ0n) is 10.5. The molecule has 1 aromatic rings. The molecule has 1 aliphatic heterocycles. The van der Waals surface area contributed by atoms with Crippen LogP contribution in [0.25, 0.3) is 0 Å². The van der Waals surface area contributed by atoms with Gasteiger partial charge in [0, 0.05) is 11.4 Å². The van der Waals surface area contributed by atoms with Gasteiger partial charge in [0.05, 0.1) is 24.7 Å². The standard InChI is InChI=1S/C13H19NO3S/c1-9-4-5-10(17-9)8-14-11(7-13(15)16)12-3-2-6-18-12/h2-3,6,9-11,14H,4-5,7-8H2,1H3,(H,15,16). The van der Waals surface area contributed by atoms with E-state index in [1.165, 1.54) is 0 Å². The molecule has 18 heavy (non-hydrogen) atoms. The summed E-state index contributed by atoms with van der Waals surface area (Å²) in [6.45, 7) is 2.80. The number of rotatable bonds is 6. The lowest BCUT2D eigenvalue weighted by molar-refractivity contribution is -0.137. The van der Waals surface area contributed by atoms with Crippen molar-refractivity contribution in [3.8, 4) is 0 Å². The van der Waals surface area contributed by atoms with Crippen LogP contribution in [0, 0.1) is 0 Å². The Bertz CT molecular complexity index is 380. The highest BCUT2D eigenvalue weighted by atomic mass is 32.1. The van der Waals surface area contributed by atoms with Crippen LogP contribution in [-0.4, -0.2) is 29.8 Å². The third kappa shape index (κ3) is 3.80. The van der Waals surface area contributed by atoms with Crippen LogP contribution in [0.2, 0.25) is 0 Å². The van der Waals surface area contributed by atoms with Gasteiger partial charge >= 0.3 is 5.97 Å². The SMILES string of the molecule is CC1CCC(CNC(CC(=O)O)c2cccs2)O1. The first-order valence-electron chi connectivity index (χ1n) is 6.29. The number of hydrogen-bond acceptors (Lipinski definition) is 4. The Morgan fingerprint density at radius 1 is 1.67 bits per heavy atom. The highest BCUT2D eigenvalue weighted by Crippen LogP contribution is 2.24. The summed E-state index contributed by atoms with van der Waals surface area (Å²) < 4.78 is 5.73. The zero-order valence-corrected chi connectivity index (χ0v) is 11.3. The van der Waals surface area contributed by atoms with Crippen molar-refractivity contribution >= 4 is 17.3 Å². The molecule has 2 rings (SSSR count). The van der Waals surface area contributed by atoms with Crippen molar-refractivity contribution in [2.24, 2.45) is 0 Å². The number of nitrogens with one attached hydrogen (secondary N) is 1. The molecule has 0 radical (unpaired) electrons. The van der Waals surface area contributed by atoms with Gasteiger partial charge < -0.3 is 15.2 Å². The molecular formula is C13H19NO3S. The minimum Gasteiger partial charge on any atom is -0.481 e. The number of carboxylic acids is 1. The fraction of sp³-hybridized carbons (Fsp3) is 0.615. The molecular weight excluding hydrogens is 250 g/mol. The predicted molar refractivity (Wildman–Crippen MR) is 70.9 cm³/mol. The van der Waals surface area contributed by atoms with Gasteiger partial charge in [-0.25, -0.2) is 0 Å². The third-order valence-electron chi connectivity index (χ3n) is 3.18. The number of hydrogen-bond donors (Lipinski definition) is 2.